The van der Waals surface area contributed by atoms with Crippen LogP contribution in [0.25, 0.3) is 0 Å². The van der Waals surface area contributed by atoms with Crippen LogP contribution in [-0.2, 0) is 0 Å². The molecule has 0 spiro atoms. The van der Waals surface area contributed by atoms with Gasteiger partial charge in [0, 0.05) is 12.1 Å². The standard InChI is InChI=1S/C6H11N3O/c7-6(8)5-2-1-3-9(10)4-5/h2,10H,1,3-4H2,(H3,7,8). The fraction of sp³-hybridized carbons (Fsp3) is 0.500. The first kappa shape index (κ1) is 7.24. The van der Waals surface area contributed by atoms with E-state index in [1.807, 2.05) is 6.08 Å². The van der Waals surface area contributed by atoms with E-state index in [0.29, 0.717) is 18.7 Å². The molecule has 0 aliphatic carbocycles. The summed E-state index contributed by atoms with van der Waals surface area (Å²) in [7, 11) is 0. The van der Waals surface area contributed by atoms with Crippen LogP contribution in [0, 0.1) is 5.41 Å². The van der Waals surface area contributed by atoms with Gasteiger partial charge in [0.05, 0.1) is 6.54 Å². The molecule has 0 aromatic rings. The molecule has 56 valence electrons. The Morgan fingerprint density at radius 2 is 2.50 bits per heavy atom. The molecule has 0 saturated heterocycles. The highest BCUT2D eigenvalue weighted by Crippen LogP contribution is 2.05. The molecule has 0 aromatic heterocycles. The second kappa shape index (κ2) is 2.81. The average Bonchev–Trinajstić information content (AvgIpc) is 1.88. The second-order valence-corrected chi connectivity index (χ2v) is 2.32. The number of hydroxylamine groups is 2. The van der Waals surface area contributed by atoms with E-state index in [4.69, 9.17) is 16.4 Å². The highest BCUT2D eigenvalue weighted by molar-refractivity contribution is 5.94. The van der Waals surface area contributed by atoms with Crippen molar-refractivity contribution >= 4 is 5.84 Å². The molecule has 4 nitrogen and oxygen atoms in total. The molecule has 0 saturated carbocycles. The van der Waals surface area contributed by atoms with Crippen molar-refractivity contribution in [2.75, 3.05) is 13.1 Å². The molecule has 0 atom stereocenters. The number of hydrogen-bond acceptors (Lipinski definition) is 3. The molecule has 0 amide bonds. The molecule has 0 bridgehead atoms. The van der Waals surface area contributed by atoms with Crippen molar-refractivity contribution < 1.29 is 5.21 Å². The Balaban J connectivity index is 2.60. The first-order valence-electron chi connectivity index (χ1n) is 3.17. The van der Waals surface area contributed by atoms with Gasteiger partial charge in [0.15, 0.2) is 0 Å². The first-order chi connectivity index (χ1) is 4.70. The Bertz CT molecular complexity index is 176. The minimum atomic E-state index is 0.0544. The lowest BCUT2D eigenvalue weighted by Gasteiger charge is -2.19. The summed E-state index contributed by atoms with van der Waals surface area (Å²) in [6.45, 7) is 1.02. The van der Waals surface area contributed by atoms with E-state index < -0.39 is 0 Å². The lowest BCUT2D eigenvalue weighted by atomic mass is 10.1. The number of nitrogens with one attached hydrogen (secondary N) is 1. The Morgan fingerprint density at radius 1 is 1.80 bits per heavy atom. The third-order valence-electron chi connectivity index (χ3n) is 1.48. The lowest BCUT2D eigenvalue weighted by molar-refractivity contribution is -0.0831. The molecule has 1 aliphatic heterocycles. The molecule has 4 heteroatoms. The summed E-state index contributed by atoms with van der Waals surface area (Å²) >= 11 is 0. The van der Waals surface area contributed by atoms with Gasteiger partial charge in [-0.05, 0) is 6.42 Å². The van der Waals surface area contributed by atoms with Crippen LogP contribution < -0.4 is 5.73 Å². The van der Waals surface area contributed by atoms with Crippen molar-refractivity contribution in [1.82, 2.24) is 5.06 Å². The van der Waals surface area contributed by atoms with Gasteiger partial charge in [0.25, 0.3) is 0 Å². The van der Waals surface area contributed by atoms with Gasteiger partial charge in [0.1, 0.15) is 5.84 Å². The monoisotopic (exact) mass is 141 g/mol. The lowest BCUT2D eigenvalue weighted by Crippen LogP contribution is -2.31. The highest BCUT2D eigenvalue weighted by atomic mass is 16.5. The zero-order valence-corrected chi connectivity index (χ0v) is 5.67. The Labute approximate surface area is 59.4 Å². The number of nitrogens with two attached hydrogens (primary N) is 1. The summed E-state index contributed by atoms with van der Waals surface area (Å²) in [6.07, 6.45) is 2.65. The van der Waals surface area contributed by atoms with E-state index in [1.54, 1.807) is 0 Å². The van der Waals surface area contributed by atoms with E-state index in [9.17, 15) is 0 Å². The molecule has 0 radical (unpaired) electrons. The van der Waals surface area contributed by atoms with Crippen molar-refractivity contribution in [3.63, 3.8) is 0 Å². The van der Waals surface area contributed by atoms with Gasteiger partial charge in [-0.15, -0.1) is 0 Å². The maximum Gasteiger partial charge on any atom is 0.119 e. The molecule has 1 heterocycles. The van der Waals surface area contributed by atoms with Crippen LogP contribution in [0.4, 0.5) is 0 Å². The third-order valence-corrected chi connectivity index (χ3v) is 1.48. The van der Waals surface area contributed by atoms with E-state index in [0.717, 1.165) is 11.5 Å². The van der Waals surface area contributed by atoms with Crippen LogP contribution in [0.1, 0.15) is 6.42 Å². The van der Waals surface area contributed by atoms with E-state index in [-0.39, 0.29) is 5.84 Å². The molecule has 1 rings (SSSR count). The maximum atomic E-state index is 8.97. The van der Waals surface area contributed by atoms with Crippen molar-refractivity contribution in [3.8, 4) is 0 Å². The molecule has 0 unspecified atom stereocenters. The molecule has 0 fully saturated rings. The van der Waals surface area contributed by atoms with E-state index in [2.05, 4.69) is 0 Å². The summed E-state index contributed by atoms with van der Waals surface area (Å²) in [5.41, 5.74) is 5.92. The highest BCUT2D eigenvalue weighted by Gasteiger charge is 2.10. The normalized spacial score (nSPS) is 20.3. The molecular weight excluding hydrogens is 130 g/mol. The van der Waals surface area contributed by atoms with E-state index in [1.165, 1.54) is 0 Å². The van der Waals surface area contributed by atoms with Crippen LogP contribution in [0.5, 0.6) is 0 Å². The molecular formula is C6H11N3O. The average molecular weight is 141 g/mol. The Morgan fingerprint density at radius 3 is 2.90 bits per heavy atom. The van der Waals surface area contributed by atoms with Crippen molar-refractivity contribution in [1.29, 1.82) is 5.41 Å². The van der Waals surface area contributed by atoms with Crippen LogP contribution in [0.2, 0.25) is 0 Å². The SMILES string of the molecule is N=C(N)C1=CCCN(O)C1. The Hall–Kier alpha value is -0.870. The van der Waals surface area contributed by atoms with Crippen LogP contribution in [0.15, 0.2) is 11.6 Å². The summed E-state index contributed by atoms with van der Waals surface area (Å²) in [6, 6.07) is 0. The summed E-state index contributed by atoms with van der Waals surface area (Å²) in [4.78, 5) is 0. The third kappa shape index (κ3) is 1.55. The van der Waals surface area contributed by atoms with Gasteiger partial charge < -0.3 is 10.9 Å². The predicted octanol–water partition coefficient (Wildman–Crippen LogP) is -0.0563. The van der Waals surface area contributed by atoms with Crippen LogP contribution in [-0.4, -0.2) is 29.2 Å². The van der Waals surface area contributed by atoms with Crippen molar-refractivity contribution in [2.24, 2.45) is 5.73 Å². The minimum absolute atomic E-state index is 0.0544. The van der Waals surface area contributed by atoms with Gasteiger partial charge in [-0.25, -0.2) is 0 Å². The molecule has 1 aliphatic rings. The first-order valence-corrected chi connectivity index (χ1v) is 3.17. The van der Waals surface area contributed by atoms with Gasteiger partial charge in [-0.3, -0.25) is 5.41 Å². The van der Waals surface area contributed by atoms with Crippen LogP contribution in [0.3, 0.4) is 0 Å². The van der Waals surface area contributed by atoms with E-state index >= 15 is 0 Å². The van der Waals surface area contributed by atoms with Gasteiger partial charge in [0.2, 0.25) is 0 Å². The fourth-order valence-corrected chi connectivity index (χ4v) is 0.923. The molecule has 10 heavy (non-hydrogen) atoms. The van der Waals surface area contributed by atoms with Crippen molar-refractivity contribution in [3.05, 3.63) is 11.6 Å². The zero-order valence-electron chi connectivity index (χ0n) is 5.67. The summed E-state index contributed by atoms with van der Waals surface area (Å²) in [5, 5.41) is 17.2. The van der Waals surface area contributed by atoms with Gasteiger partial charge in [-0.2, -0.15) is 5.06 Å². The largest absolute Gasteiger partial charge is 0.384 e. The number of nitrogens with zero attached hydrogens (tertiary/aromatic N) is 1. The molecule has 4 N–H and O–H groups in total. The predicted molar refractivity (Wildman–Crippen MR) is 38.0 cm³/mol. The fourth-order valence-electron chi connectivity index (χ4n) is 0.923. The maximum absolute atomic E-state index is 8.97. The zero-order chi connectivity index (χ0) is 7.56. The Kier molecular flexibility index (Phi) is 2.03. The quantitative estimate of drug-likeness (QED) is 0.354. The smallest absolute Gasteiger partial charge is 0.119 e. The number of amidine groups is 1. The minimum Gasteiger partial charge on any atom is -0.384 e. The number of hydrogen-bond donors (Lipinski definition) is 3. The van der Waals surface area contributed by atoms with Gasteiger partial charge >= 0.3 is 0 Å². The van der Waals surface area contributed by atoms with Gasteiger partial charge in [-0.1, -0.05) is 6.08 Å². The molecule has 0 aromatic carbocycles. The van der Waals surface area contributed by atoms with Crippen molar-refractivity contribution in [2.45, 2.75) is 6.42 Å². The van der Waals surface area contributed by atoms with Crippen LogP contribution >= 0.6 is 0 Å². The number of rotatable bonds is 1. The second-order valence-electron chi connectivity index (χ2n) is 2.32. The summed E-state index contributed by atoms with van der Waals surface area (Å²) in [5.74, 6) is 0.0544. The topological polar surface area (TPSA) is 73.3 Å². The summed E-state index contributed by atoms with van der Waals surface area (Å²) < 4.78 is 0.